The Labute approximate surface area is 220 Å². The summed E-state index contributed by atoms with van der Waals surface area (Å²) in [6.45, 7) is 17.7. The van der Waals surface area contributed by atoms with Gasteiger partial charge in [0.05, 0.1) is 13.2 Å². The fourth-order valence-corrected chi connectivity index (χ4v) is 6.04. The van der Waals surface area contributed by atoms with Crippen molar-refractivity contribution in [3.63, 3.8) is 0 Å². The Morgan fingerprint density at radius 2 is 1.03 bits per heavy atom. The molecule has 0 radical (unpaired) electrons. The van der Waals surface area contributed by atoms with Crippen molar-refractivity contribution >= 4 is 0 Å². The molecule has 2 aromatic rings. The van der Waals surface area contributed by atoms with Crippen molar-refractivity contribution in [3.8, 4) is 11.5 Å². The standard InChI is InChI=1S/2C15H21NO.C2H6/c1-13-2-4-14(5-3-13)17-12-15-6-9-16(10-7-15)11-8-15;1-13-3-2-4-14(11-13)17-12-15-5-8-16(9-6-15)10-7-15;1-2/h2-5H,6-12H2,1H3;2-4,11H,5-10,12H2,1H3;1-2H3. The van der Waals surface area contributed by atoms with Crippen molar-refractivity contribution in [2.45, 2.75) is 66.2 Å². The zero-order valence-corrected chi connectivity index (χ0v) is 23.2. The maximum Gasteiger partial charge on any atom is 0.119 e. The lowest BCUT2D eigenvalue weighted by Crippen LogP contribution is -2.50. The molecule has 0 saturated carbocycles. The van der Waals surface area contributed by atoms with E-state index < -0.39 is 0 Å². The van der Waals surface area contributed by atoms with Gasteiger partial charge in [0.15, 0.2) is 0 Å². The van der Waals surface area contributed by atoms with Gasteiger partial charge in [-0.3, -0.25) is 0 Å². The van der Waals surface area contributed by atoms with Crippen LogP contribution in [0.2, 0.25) is 0 Å². The van der Waals surface area contributed by atoms with Crippen LogP contribution in [-0.2, 0) is 0 Å². The van der Waals surface area contributed by atoms with Crippen molar-refractivity contribution in [2.24, 2.45) is 10.8 Å². The van der Waals surface area contributed by atoms with E-state index in [0.717, 1.165) is 24.7 Å². The zero-order chi connectivity index (χ0) is 25.4. The fraction of sp³-hybridized carbons (Fsp3) is 0.625. The van der Waals surface area contributed by atoms with Gasteiger partial charge in [-0.15, -0.1) is 0 Å². The van der Waals surface area contributed by atoms with Gasteiger partial charge in [0.25, 0.3) is 0 Å². The molecule has 8 rings (SSSR count). The predicted molar refractivity (Wildman–Crippen MR) is 150 cm³/mol. The fourth-order valence-electron chi connectivity index (χ4n) is 6.04. The smallest absolute Gasteiger partial charge is 0.119 e. The van der Waals surface area contributed by atoms with Crippen LogP contribution in [0.25, 0.3) is 0 Å². The van der Waals surface area contributed by atoms with Gasteiger partial charge in [0, 0.05) is 10.8 Å². The summed E-state index contributed by atoms with van der Waals surface area (Å²) < 4.78 is 12.0. The van der Waals surface area contributed by atoms with Gasteiger partial charge in [-0.1, -0.05) is 43.7 Å². The van der Waals surface area contributed by atoms with E-state index in [4.69, 9.17) is 9.47 Å². The second-order valence-corrected chi connectivity index (χ2v) is 11.4. The second-order valence-electron chi connectivity index (χ2n) is 11.4. The van der Waals surface area contributed by atoms with Gasteiger partial charge < -0.3 is 19.3 Å². The summed E-state index contributed by atoms with van der Waals surface area (Å²) >= 11 is 0. The van der Waals surface area contributed by atoms with Crippen molar-refractivity contribution in [3.05, 3.63) is 59.7 Å². The molecule has 36 heavy (non-hydrogen) atoms. The molecule has 0 unspecified atom stereocenters. The Morgan fingerprint density at radius 1 is 0.583 bits per heavy atom. The highest BCUT2D eigenvalue weighted by Gasteiger charge is 2.40. The van der Waals surface area contributed by atoms with E-state index in [2.05, 4.69) is 72.2 Å². The number of benzene rings is 2. The van der Waals surface area contributed by atoms with E-state index in [1.54, 1.807) is 0 Å². The largest absolute Gasteiger partial charge is 0.493 e. The van der Waals surface area contributed by atoms with Gasteiger partial charge >= 0.3 is 0 Å². The van der Waals surface area contributed by atoms with Crippen molar-refractivity contribution < 1.29 is 9.47 Å². The van der Waals surface area contributed by atoms with Crippen molar-refractivity contribution in [1.82, 2.24) is 9.80 Å². The van der Waals surface area contributed by atoms with Crippen LogP contribution in [0.3, 0.4) is 0 Å². The summed E-state index contributed by atoms with van der Waals surface area (Å²) in [5.74, 6) is 2.06. The van der Waals surface area contributed by atoms with E-state index in [0.29, 0.717) is 10.8 Å². The second kappa shape index (κ2) is 12.5. The minimum atomic E-state index is 0.471. The predicted octanol–water partition coefficient (Wildman–Crippen LogP) is 6.75. The molecule has 0 atom stereocenters. The molecule has 4 nitrogen and oxygen atoms in total. The lowest BCUT2D eigenvalue weighted by atomic mass is 9.73. The Kier molecular flexibility index (Phi) is 9.35. The van der Waals surface area contributed by atoms with Gasteiger partial charge in [-0.25, -0.2) is 0 Å². The highest BCUT2D eigenvalue weighted by Crippen LogP contribution is 2.41. The molecule has 4 bridgehead atoms. The number of nitrogens with zero attached hydrogens (tertiary/aromatic N) is 2. The first-order valence-electron chi connectivity index (χ1n) is 14.4. The van der Waals surface area contributed by atoms with Gasteiger partial charge in [0.2, 0.25) is 0 Å². The Balaban J connectivity index is 0.000000158. The van der Waals surface area contributed by atoms with Crippen LogP contribution in [0.5, 0.6) is 11.5 Å². The summed E-state index contributed by atoms with van der Waals surface area (Å²) in [5.41, 5.74) is 3.51. The third kappa shape index (κ3) is 7.04. The molecule has 0 aromatic heterocycles. The first-order valence-corrected chi connectivity index (χ1v) is 14.4. The minimum absolute atomic E-state index is 0.471. The van der Waals surface area contributed by atoms with Crippen LogP contribution >= 0.6 is 0 Å². The molecular weight excluding hydrogens is 444 g/mol. The summed E-state index contributed by atoms with van der Waals surface area (Å²) in [6, 6.07) is 16.8. The average Bonchev–Trinajstić information content (AvgIpc) is 2.95. The van der Waals surface area contributed by atoms with Gasteiger partial charge in [0.1, 0.15) is 11.5 Å². The molecule has 6 aliphatic rings. The van der Waals surface area contributed by atoms with E-state index >= 15 is 0 Å². The third-order valence-corrected chi connectivity index (χ3v) is 8.85. The van der Waals surface area contributed by atoms with Crippen LogP contribution in [0, 0.1) is 24.7 Å². The molecule has 6 heterocycles. The minimum Gasteiger partial charge on any atom is -0.493 e. The summed E-state index contributed by atoms with van der Waals surface area (Å²) in [4.78, 5) is 5.15. The lowest BCUT2D eigenvalue weighted by Gasteiger charge is -2.48. The first kappa shape index (κ1) is 27.0. The van der Waals surface area contributed by atoms with Gasteiger partial charge in [-0.05, 0) is 121 Å². The van der Waals surface area contributed by atoms with Crippen LogP contribution < -0.4 is 9.47 Å². The molecule has 6 fully saturated rings. The van der Waals surface area contributed by atoms with Crippen LogP contribution in [0.15, 0.2) is 48.5 Å². The normalized spacial score (nSPS) is 29.9. The molecule has 0 aliphatic carbocycles. The van der Waals surface area contributed by atoms with Crippen LogP contribution in [-0.4, -0.2) is 62.3 Å². The number of hydrogen-bond acceptors (Lipinski definition) is 4. The van der Waals surface area contributed by atoms with Crippen LogP contribution in [0.4, 0.5) is 0 Å². The Bertz CT molecular complexity index is 898. The lowest BCUT2D eigenvalue weighted by molar-refractivity contribution is -0.00767. The van der Waals surface area contributed by atoms with E-state index in [1.165, 1.54) is 88.9 Å². The number of ether oxygens (including phenoxy) is 2. The van der Waals surface area contributed by atoms with E-state index in [1.807, 2.05) is 13.8 Å². The van der Waals surface area contributed by atoms with Gasteiger partial charge in [-0.2, -0.15) is 0 Å². The molecule has 0 N–H and O–H groups in total. The number of aryl methyl sites for hydroxylation is 2. The maximum atomic E-state index is 6.03. The Hall–Kier alpha value is -2.04. The maximum absolute atomic E-state index is 6.03. The third-order valence-electron chi connectivity index (χ3n) is 8.85. The first-order chi connectivity index (χ1) is 17.5. The SMILES string of the molecule is CC.Cc1ccc(OCC23CCN(CC2)CC3)cc1.Cc1cccc(OCC23CCN(CC2)CC3)c1. The van der Waals surface area contributed by atoms with Crippen molar-refractivity contribution in [2.75, 3.05) is 52.5 Å². The Morgan fingerprint density at radius 3 is 1.47 bits per heavy atom. The highest BCUT2D eigenvalue weighted by molar-refractivity contribution is 5.28. The van der Waals surface area contributed by atoms with E-state index in [-0.39, 0.29) is 0 Å². The molecule has 198 valence electrons. The molecule has 2 aromatic carbocycles. The molecule has 4 heteroatoms. The number of piperidine rings is 6. The molecule has 6 aliphatic heterocycles. The monoisotopic (exact) mass is 492 g/mol. The van der Waals surface area contributed by atoms with Crippen LogP contribution in [0.1, 0.15) is 63.5 Å². The van der Waals surface area contributed by atoms with Crippen molar-refractivity contribution in [1.29, 1.82) is 0 Å². The number of fused-ring (bicyclic) bond motifs is 6. The average molecular weight is 493 g/mol. The topological polar surface area (TPSA) is 24.9 Å². The van der Waals surface area contributed by atoms with E-state index in [9.17, 15) is 0 Å². The number of hydrogen-bond donors (Lipinski definition) is 0. The summed E-state index contributed by atoms with van der Waals surface area (Å²) in [5, 5.41) is 0. The highest BCUT2D eigenvalue weighted by atomic mass is 16.5. The molecule has 0 spiro atoms. The summed E-state index contributed by atoms with van der Waals surface area (Å²) in [6.07, 6.45) is 7.91. The summed E-state index contributed by atoms with van der Waals surface area (Å²) in [7, 11) is 0. The zero-order valence-electron chi connectivity index (χ0n) is 23.2. The molecule has 6 saturated heterocycles. The quantitative estimate of drug-likeness (QED) is 0.445. The molecule has 0 amide bonds. The number of rotatable bonds is 6. The molecular formula is C32H48N2O2.